The van der Waals surface area contributed by atoms with Gasteiger partial charge in [-0.1, -0.05) is 19.1 Å². The zero-order valence-corrected chi connectivity index (χ0v) is 18.6. The molecule has 7 nitrogen and oxygen atoms in total. The monoisotopic (exact) mass is 423 g/mol. The van der Waals surface area contributed by atoms with Crippen LogP contribution >= 0.6 is 0 Å². The molecule has 1 aliphatic rings. The van der Waals surface area contributed by atoms with Crippen LogP contribution < -0.4 is 10.0 Å². The van der Waals surface area contributed by atoms with Crippen molar-refractivity contribution in [1.29, 1.82) is 0 Å². The largest absolute Gasteiger partial charge is 0.349 e. The van der Waals surface area contributed by atoms with Gasteiger partial charge in [0.1, 0.15) is 0 Å². The molecule has 0 heterocycles. The van der Waals surface area contributed by atoms with Crippen LogP contribution in [0.1, 0.15) is 51.5 Å². The van der Waals surface area contributed by atoms with Gasteiger partial charge in [0.2, 0.25) is 21.8 Å². The van der Waals surface area contributed by atoms with E-state index in [4.69, 9.17) is 0 Å². The normalized spacial score (nSPS) is 20.7. The van der Waals surface area contributed by atoms with Gasteiger partial charge in [0, 0.05) is 31.7 Å². The Labute approximate surface area is 174 Å². The summed E-state index contributed by atoms with van der Waals surface area (Å²) < 4.78 is 27.2. The van der Waals surface area contributed by atoms with E-state index in [1.807, 2.05) is 31.2 Å². The molecule has 8 heteroatoms. The molecule has 1 saturated carbocycles. The van der Waals surface area contributed by atoms with Crippen LogP contribution in [0.25, 0.3) is 0 Å². The van der Waals surface area contributed by atoms with Crippen LogP contribution in [-0.4, -0.2) is 50.5 Å². The summed E-state index contributed by atoms with van der Waals surface area (Å²) in [6.45, 7) is 3.57. The summed E-state index contributed by atoms with van der Waals surface area (Å²) in [4.78, 5) is 26.0. The SMILES string of the molecule is CCC(C)S(=O)(=O)NC1CCC(C(=O)Nc2cccc(CC(=O)N(C)C)c2)CC1. The quantitative estimate of drug-likeness (QED) is 0.672. The van der Waals surface area contributed by atoms with Gasteiger partial charge in [-0.25, -0.2) is 13.1 Å². The second kappa shape index (κ2) is 10.2. The number of carbonyl (C=O) groups is 2. The molecule has 2 rings (SSSR count). The lowest BCUT2D eigenvalue weighted by molar-refractivity contribution is -0.128. The molecule has 162 valence electrons. The minimum Gasteiger partial charge on any atom is -0.349 e. The first-order valence-corrected chi connectivity index (χ1v) is 11.8. The van der Waals surface area contributed by atoms with Gasteiger partial charge in [0.05, 0.1) is 11.7 Å². The van der Waals surface area contributed by atoms with Crippen LogP contribution in [0.3, 0.4) is 0 Å². The van der Waals surface area contributed by atoms with Crippen molar-refractivity contribution in [3.63, 3.8) is 0 Å². The molecule has 2 N–H and O–H groups in total. The molecule has 1 aliphatic carbocycles. The maximum absolute atomic E-state index is 12.6. The smallest absolute Gasteiger partial charge is 0.227 e. The average molecular weight is 424 g/mol. The molecule has 0 spiro atoms. The Kier molecular flexibility index (Phi) is 8.22. The van der Waals surface area contributed by atoms with E-state index < -0.39 is 15.3 Å². The minimum absolute atomic E-state index is 0.00615. The van der Waals surface area contributed by atoms with E-state index in [9.17, 15) is 18.0 Å². The predicted molar refractivity (Wildman–Crippen MR) is 115 cm³/mol. The Morgan fingerprint density at radius 3 is 2.41 bits per heavy atom. The number of rotatable bonds is 8. The van der Waals surface area contributed by atoms with Crippen LogP contribution in [0, 0.1) is 5.92 Å². The van der Waals surface area contributed by atoms with Crippen LogP contribution in [-0.2, 0) is 26.0 Å². The first-order chi connectivity index (χ1) is 13.6. The molecular formula is C21H33N3O4S. The Morgan fingerprint density at radius 2 is 1.83 bits per heavy atom. The van der Waals surface area contributed by atoms with E-state index in [1.165, 1.54) is 0 Å². The zero-order chi connectivity index (χ0) is 21.6. The standard InChI is InChI=1S/C21H33N3O4S/c1-5-15(2)29(27,28)23-18-11-9-17(10-12-18)21(26)22-19-8-6-7-16(13-19)14-20(25)24(3)4/h6-8,13,15,17-18,23H,5,9-12,14H2,1-4H3,(H,22,26). The molecule has 0 aromatic heterocycles. The fraction of sp³-hybridized carbons (Fsp3) is 0.619. The fourth-order valence-corrected chi connectivity index (χ4v) is 4.75. The number of benzene rings is 1. The predicted octanol–water partition coefficient (Wildman–Crippen LogP) is 2.53. The number of anilines is 1. The highest BCUT2D eigenvalue weighted by molar-refractivity contribution is 7.90. The minimum atomic E-state index is -3.30. The van der Waals surface area contributed by atoms with Gasteiger partial charge in [-0.3, -0.25) is 9.59 Å². The molecule has 1 atom stereocenters. The van der Waals surface area contributed by atoms with E-state index in [2.05, 4.69) is 10.0 Å². The lowest BCUT2D eigenvalue weighted by atomic mass is 9.86. The third kappa shape index (κ3) is 6.82. The number of hydrogen-bond donors (Lipinski definition) is 2. The Bertz CT molecular complexity index is 815. The maximum Gasteiger partial charge on any atom is 0.227 e. The van der Waals surface area contributed by atoms with Crippen molar-refractivity contribution in [3.8, 4) is 0 Å². The van der Waals surface area contributed by atoms with E-state index in [-0.39, 0.29) is 30.2 Å². The number of sulfonamides is 1. The summed E-state index contributed by atoms with van der Waals surface area (Å²) >= 11 is 0. The molecule has 1 aromatic rings. The molecule has 0 bridgehead atoms. The van der Waals surface area contributed by atoms with Gasteiger partial charge in [0.25, 0.3) is 0 Å². The van der Waals surface area contributed by atoms with Crippen LogP contribution in [0.15, 0.2) is 24.3 Å². The van der Waals surface area contributed by atoms with Crippen LogP contribution in [0.4, 0.5) is 5.69 Å². The first kappa shape index (κ1) is 23.3. The molecule has 2 amide bonds. The highest BCUT2D eigenvalue weighted by atomic mass is 32.2. The summed E-state index contributed by atoms with van der Waals surface area (Å²) in [6.07, 6.45) is 3.48. The number of amides is 2. The lowest BCUT2D eigenvalue weighted by Gasteiger charge is -2.29. The topological polar surface area (TPSA) is 95.6 Å². The fourth-order valence-electron chi connectivity index (χ4n) is 3.38. The molecule has 1 aromatic carbocycles. The number of nitrogens with one attached hydrogen (secondary N) is 2. The van der Waals surface area contributed by atoms with Crippen molar-refractivity contribution in [2.45, 2.75) is 63.7 Å². The molecule has 0 aliphatic heterocycles. The van der Waals surface area contributed by atoms with Gasteiger partial charge in [0.15, 0.2) is 0 Å². The molecule has 1 unspecified atom stereocenters. The van der Waals surface area contributed by atoms with Gasteiger partial charge in [-0.15, -0.1) is 0 Å². The highest BCUT2D eigenvalue weighted by Crippen LogP contribution is 2.26. The van der Waals surface area contributed by atoms with Crippen molar-refractivity contribution in [3.05, 3.63) is 29.8 Å². The maximum atomic E-state index is 12.6. The van der Waals surface area contributed by atoms with Crippen LogP contribution in [0.2, 0.25) is 0 Å². The van der Waals surface area contributed by atoms with Crippen molar-refractivity contribution in [1.82, 2.24) is 9.62 Å². The average Bonchev–Trinajstić information content (AvgIpc) is 2.67. The Hall–Kier alpha value is -1.93. The van der Waals surface area contributed by atoms with Crippen molar-refractivity contribution >= 4 is 27.5 Å². The van der Waals surface area contributed by atoms with Crippen molar-refractivity contribution < 1.29 is 18.0 Å². The molecule has 1 fully saturated rings. The lowest BCUT2D eigenvalue weighted by Crippen LogP contribution is -2.42. The summed E-state index contributed by atoms with van der Waals surface area (Å²) in [5, 5.41) is 2.54. The summed E-state index contributed by atoms with van der Waals surface area (Å²) in [5.41, 5.74) is 1.53. The van der Waals surface area contributed by atoms with Gasteiger partial charge < -0.3 is 10.2 Å². The zero-order valence-electron chi connectivity index (χ0n) is 17.8. The second-order valence-electron chi connectivity index (χ2n) is 8.08. The van der Waals surface area contributed by atoms with E-state index in [1.54, 1.807) is 25.9 Å². The second-order valence-corrected chi connectivity index (χ2v) is 10.2. The molecule has 29 heavy (non-hydrogen) atoms. The van der Waals surface area contributed by atoms with E-state index >= 15 is 0 Å². The summed E-state index contributed by atoms with van der Waals surface area (Å²) in [7, 11) is 0.132. The van der Waals surface area contributed by atoms with Gasteiger partial charge in [-0.2, -0.15) is 0 Å². The number of nitrogens with zero attached hydrogens (tertiary/aromatic N) is 1. The Balaban J connectivity index is 1.88. The van der Waals surface area contributed by atoms with Crippen LogP contribution in [0.5, 0.6) is 0 Å². The molecular weight excluding hydrogens is 390 g/mol. The van der Waals surface area contributed by atoms with Crippen molar-refractivity contribution in [2.24, 2.45) is 5.92 Å². The molecule has 0 radical (unpaired) electrons. The number of carbonyl (C=O) groups excluding carboxylic acids is 2. The van der Waals surface area contributed by atoms with E-state index in [0.29, 0.717) is 37.8 Å². The van der Waals surface area contributed by atoms with E-state index in [0.717, 1.165) is 5.56 Å². The Morgan fingerprint density at radius 1 is 1.17 bits per heavy atom. The van der Waals surface area contributed by atoms with Gasteiger partial charge in [-0.05, 0) is 56.7 Å². The third-order valence-corrected chi connectivity index (χ3v) is 7.64. The number of hydrogen-bond acceptors (Lipinski definition) is 4. The third-order valence-electron chi connectivity index (χ3n) is 5.58. The van der Waals surface area contributed by atoms with Crippen molar-refractivity contribution in [2.75, 3.05) is 19.4 Å². The first-order valence-electron chi connectivity index (χ1n) is 10.2. The van der Waals surface area contributed by atoms with Gasteiger partial charge >= 0.3 is 0 Å². The summed E-state index contributed by atoms with van der Waals surface area (Å²) in [5.74, 6) is -0.178. The molecule has 0 saturated heterocycles. The number of likely N-dealkylation sites (N-methyl/N-ethyl adjacent to an activating group) is 1. The summed E-state index contributed by atoms with van der Waals surface area (Å²) in [6, 6.07) is 7.23. The highest BCUT2D eigenvalue weighted by Gasteiger charge is 2.30.